The SMILES string of the molecule is Cc1cc([N+](=O)[O-])c(Cl)c(S(=O)(=O)Nc2cnn(C(C)(C)C)c2)c1. The van der Waals surface area contributed by atoms with Crippen LogP contribution < -0.4 is 4.72 Å². The van der Waals surface area contributed by atoms with Crippen LogP contribution in [0.2, 0.25) is 5.02 Å². The highest BCUT2D eigenvalue weighted by Crippen LogP contribution is 2.33. The lowest BCUT2D eigenvalue weighted by Gasteiger charge is -2.18. The van der Waals surface area contributed by atoms with Crippen molar-refractivity contribution in [1.29, 1.82) is 0 Å². The number of aromatic nitrogens is 2. The summed E-state index contributed by atoms with van der Waals surface area (Å²) in [5.41, 5.74) is -0.117. The molecule has 0 amide bonds. The third kappa shape index (κ3) is 3.68. The fourth-order valence-corrected chi connectivity index (χ4v) is 3.69. The topological polar surface area (TPSA) is 107 Å². The van der Waals surface area contributed by atoms with Crippen LogP contribution in [0, 0.1) is 17.0 Å². The fraction of sp³-hybridized carbons (Fsp3) is 0.357. The average Bonchev–Trinajstić information content (AvgIpc) is 2.88. The Labute approximate surface area is 144 Å². The maximum atomic E-state index is 12.6. The zero-order valence-electron chi connectivity index (χ0n) is 13.6. The van der Waals surface area contributed by atoms with Gasteiger partial charge in [0.1, 0.15) is 9.92 Å². The van der Waals surface area contributed by atoms with Crippen molar-refractivity contribution in [1.82, 2.24) is 9.78 Å². The minimum absolute atomic E-state index is 0.241. The van der Waals surface area contributed by atoms with Gasteiger partial charge in [0.05, 0.1) is 22.3 Å². The summed E-state index contributed by atoms with van der Waals surface area (Å²) >= 11 is 5.92. The molecule has 0 saturated carbocycles. The second-order valence-electron chi connectivity index (χ2n) is 6.30. The number of halogens is 1. The van der Waals surface area contributed by atoms with E-state index in [9.17, 15) is 18.5 Å². The van der Waals surface area contributed by atoms with E-state index in [0.29, 0.717) is 5.56 Å². The van der Waals surface area contributed by atoms with Crippen molar-refractivity contribution < 1.29 is 13.3 Å². The molecule has 130 valence electrons. The van der Waals surface area contributed by atoms with Crippen LogP contribution in [-0.2, 0) is 15.6 Å². The van der Waals surface area contributed by atoms with E-state index in [1.165, 1.54) is 24.5 Å². The van der Waals surface area contributed by atoms with Crippen molar-refractivity contribution in [2.45, 2.75) is 38.1 Å². The van der Waals surface area contributed by atoms with E-state index in [-0.39, 0.29) is 16.1 Å². The van der Waals surface area contributed by atoms with Gasteiger partial charge in [-0.3, -0.25) is 19.5 Å². The van der Waals surface area contributed by atoms with E-state index < -0.39 is 25.7 Å². The van der Waals surface area contributed by atoms with Crippen molar-refractivity contribution in [2.75, 3.05) is 4.72 Å². The molecule has 0 aliphatic rings. The Morgan fingerprint density at radius 3 is 2.46 bits per heavy atom. The molecule has 1 aromatic heterocycles. The molecule has 1 heterocycles. The number of nitrogens with zero attached hydrogens (tertiary/aromatic N) is 3. The van der Waals surface area contributed by atoms with E-state index in [1.807, 2.05) is 20.8 Å². The summed E-state index contributed by atoms with van der Waals surface area (Å²) in [7, 11) is -4.09. The van der Waals surface area contributed by atoms with Gasteiger partial charge in [0.15, 0.2) is 0 Å². The third-order valence-electron chi connectivity index (χ3n) is 3.17. The molecule has 2 rings (SSSR count). The Balaban J connectivity index is 2.45. The first-order chi connectivity index (χ1) is 10.9. The van der Waals surface area contributed by atoms with Crippen LogP contribution >= 0.6 is 11.6 Å². The van der Waals surface area contributed by atoms with Gasteiger partial charge in [-0.15, -0.1) is 0 Å². The lowest BCUT2D eigenvalue weighted by Crippen LogP contribution is -2.22. The van der Waals surface area contributed by atoms with Gasteiger partial charge in [-0.2, -0.15) is 5.10 Å². The average molecular weight is 373 g/mol. The molecule has 0 atom stereocenters. The van der Waals surface area contributed by atoms with Crippen LogP contribution in [0.1, 0.15) is 26.3 Å². The number of aryl methyl sites for hydroxylation is 1. The normalized spacial score (nSPS) is 12.2. The Morgan fingerprint density at radius 1 is 1.33 bits per heavy atom. The number of sulfonamides is 1. The number of hydrogen-bond donors (Lipinski definition) is 1. The molecule has 10 heteroatoms. The minimum Gasteiger partial charge on any atom is -0.276 e. The summed E-state index contributed by atoms with van der Waals surface area (Å²) in [6, 6.07) is 2.50. The first-order valence-corrected chi connectivity index (χ1v) is 8.80. The van der Waals surface area contributed by atoms with Gasteiger partial charge in [-0.1, -0.05) is 11.6 Å². The maximum absolute atomic E-state index is 12.6. The highest BCUT2D eigenvalue weighted by molar-refractivity contribution is 7.92. The zero-order valence-corrected chi connectivity index (χ0v) is 15.1. The molecule has 0 fully saturated rings. The van der Waals surface area contributed by atoms with Gasteiger partial charge in [0.2, 0.25) is 0 Å². The molecule has 8 nitrogen and oxygen atoms in total. The van der Waals surface area contributed by atoms with Crippen molar-refractivity contribution >= 4 is 33.0 Å². The monoisotopic (exact) mass is 372 g/mol. The number of nitro groups is 1. The molecule has 0 spiro atoms. The Kier molecular flexibility index (Phi) is 4.60. The molecule has 0 saturated heterocycles. The second-order valence-corrected chi connectivity index (χ2v) is 8.33. The number of nitrogens with one attached hydrogen (secondary N) is 1. The molecule has 0 aliphatic heterocycles. The van der Waals surface area contributed by atoms with Crippen molar-refractivity contribution in [3.8, 4) is 0 Å². The first kappa shape index (κ1) is 18.2. The summed E-state index contributed by atoms with van der Waals surface area (Å²) in [6.45, 7) is 7.30. The highest BCUT2D eigenvalue weighted by atomic mass is 35.5. The number of anilines is 1. The van der Waals surface area contributed by atoms with Crippen LogP contribution in [-0.4, -0.2) is 23.1 Å². The molecule has 0 aliphatic carbocycles. The number of hydrogen-bond acceptors (Lipinski definition) is 5. The van der Waals surface area contributed by atoms with E-state index in [1.54, 1.807) is 11.6 Å². The maximum Gasteiger partial charge on any atom is 0.289 e. The number of rotatable bonds is 4. The van der Waals surface area contributed by atoms with Gasteiger partial charge in [-0.05, 0) is 39.3 Å². The molecule has 0 radical (unpaired) electrons. The molecule has 0 unspecified atom stereocenters. The lowest BCUT2D eigenvalue weighted by molar-refractivity contribution is -0.385. The summed E-state index contributed by atoms with van der Waals surface area (Å²) < 4.78 is 29.1. The quantitative estimate of drug-likeness (QED) is 0.654. The van der Waals surface area contributed by atoms with Crippen LogP contribution in [0.3, 0.4) is 0 Å². The summed E-state index contributed by atoms with van der Waals surface area (Å²) in [6.07, 6.45) is 2.90. The first-order valence-electron chi connectivity index (χ1n) is 6.94. The van der Waals surface area contributed by atoms with Crippen molar-refractivity contribution in [3.63, 3.8) is 0 Å². The smallest absolute Gasteiger partial charge is 0.276 e. The summed E-state index contributed by atoms with van der Waals surface area (Å²) in [4.78, 5) is 9.95. The van der Waals surface area contributed by atoms with Crippen molar-refractivity contribution in [3.05, 3.63) is 45.2 Å². The molecular formula is C14H17ClN4O4S. The molecule has 1 aromatic carbocycles. The second kappa shape index (κ2) is 6.06. The van der Waals surface area contributed by atoms with E-state index in [2.05, 4.69) is 9.82 Å². The van der Waals surface area contributed by atoms with Gasteiger partial charge in [-0.25, -0.2) is 8.42 Å². The van der Waals surface area contributed by atoms with Gasteiger partial charge in [0, 0.05) is 12.3 Å². The van der Waals surface area contributed by atoms with E-state index >= 15 is 0 Å². The lowest BCUT2D eigenvalue weighted by atomic mass is 10.1. The van der Waals surface area contributed by atoms with Crippen LogP contribution in [0.5, 0.6) is 0 Å². The van der Waals surface area contributed by atoms with Crippen LogP contribution in [0.25, 0.3) is 0 Å². The largest absolute Gasteiger partial charge is 0.289 e. The number of nitro benzene ring substituents is 1. The fourth-order valence-electron chi connectivity index (χ4n) is 2.00. The van der Waals surface area contributed by atoms with Crippen molar-refractivity contribution in [2.24, 2.45) is 0 Å². The van der Waals surface area contributed by atoms with Gasteiger partial charge >= 0.3 is 0 Å². The molecule has 0 bridgehead atoms. The summed E-state index contributed by atoms with van der Waals surface area (Å²) in [5, 5.41) is 14.7. The highest BCUT2D eigenvalue weighted by Gasteiger charge is 2.26. The zero-order chi connectivity index (χ0) is 18.3. The van der Waals surface area contributed by atoms with Crippen LogP contribution in [0.15, 0.2) is 29.4 Å². The van der Waals surface area contributed by atoms with E-state index in [0.717, 1.165) is 0 Å². The number of benzene rings is 1. The Morgan fingerprint density at radius 2 is 1.96 bits per heavy atom. The Bertz CT molecular complexity index is 900. The van der Waals surface area contributed by atoms with E-state index in [4.69, 9.17) is 11.6 Å². The summed E-state index contributed by atoms with van der Waals surface area (Å²) in [5.74, 6) is 0. The standard InChI is InChI=1S/C14H17ClN4O4S/c1-9-5-11(19(20)21)13(15)12(6-9)24(22,23)17-10-7-16-18(8-10)14(2,3)4/h5-8,17H,1-4H3. The molecule has 1 N–H and O–H groups in total. The molecular weight excluding hydrogens is 356 g/mol. The predicted octanol–water partition coefficient (Wildman–Crippen LogP) is 3.31. The predicted molar refractivity (Wildman–Crippen MR) is 90.9 cm³/mol. The van der Waals surface area contributed by atoms with Gasteiger partial charge in [0.25, 0.3) is 15.7 Å². The van der Waals surface area contributed by atoms with Crippen LogP contribution in [0.4, 0.5) is 11.4 Å². The minimum atomic E-state index is -4.09. The molecule has 24 heavy (non-hydrogen) atoms. The Hall–Kier alpha value is -2.13. The third-order valence-corrected chi connectivity index (χ3v) is 5.09. The van der Waals surface area contributed by atoms with Gasteiger partial charge < -0.3 is 0 Å². The molecule has 2 aromatic rings.